The number of nitrogens with zero attached hydrogens (tertiary/aromatic N) is 2. The molecule has 140 valence electrons. The number of anilines is 1. The Morgan fingerprint density at radius 2 is 1.85 bits per heavy atom. The predicted molar refractivity (Wildman–Crippen MR) is 95.3 cm³/mol. The Labute approximate surface area is 157 Å². The van der Waals surface area contributed by atoms with Crippen molar-refractivity contribution in [3.05, 3.63) is 33.2 Å². The second kappa shape index (κ2) is 7.13. The van der Waals surface area contributed by atoms with E-state index in [2.05, 4.69) is 10.2 Å². The van der Waals surface area contributed by atoms with Crippen LogP contribution in [-0.2, 0) is 11.0 Å². The van der Waals surface area contributed by atoms with Gasteiger partial charge in [-0.25, -0.2) is 0 Å². The van der Waals surface area contributed by atoms with Crippen molar-refractivity contribution >= 4 is 46.3 Å². The van der Waals surface area contributed by atoms with Crippen LogP contribution in [0, 0.1) is 0 Å². The molecule has 0 saturated carbocycles. The maximum absolute atomic E-state index is 13.2. The highest BCUT2D eigenvalue weighted by Crippen LogP contribution is 2.40. The average Bonchev–Trinajstić information content (AvgIpc) is 2.85. The topological polar surface area (TPSA) is 52.6 Å². The Bertz CT molecular complexity index is 790. The monoisotopic (exact) mass is 405 g/mol. The number of carbonyl (C=O) groups excluding carboxylic acids is 2. The first-order valence-electron chi connectivity index (χ1n) is 7.74. The van der Waals surface area contributed by atoms with Crippen LogP contribution in [-0.4, -0.2) is 49.3 Å². The van der Waals surface area contributed by atoms with Gasteiger partial charge < -0.3 is 9.80 Å². The molecule has 0 aliphatic carbocycles. The van der Waals surface area contributed by atoms with Gasteiger partial charge in [0.15, 0.2) is 0 Å². The molecule has 3 rings (SSSR count). The number of benzene rings is 1. The molecule has 2 heterocycles. The number of nitrogens with one attached hydrogen (secondary N) is 1. The number of thioether (sulfide) groups is 1. The minimum atomic E-state index is -4.57. The molecule has 26 heavy (non-hydrogen) atoms. The second-order valence-corrected chi connectivity index (χ2v) is 7.46. The van der Waals surface area contributed by atoms with Crippen LogP contribution in [0.4, 0.5) is 23.7 Å². The van der Waals surface area contributed by atoms with Crippen molar-refractivity contribution in [2.75, 3.05) is 38.1 Å². The molecule has 10 heteroatoms. The van der Waals surface area contributed by atoms with Gasteiger partial charge in [-0.05, 0) is 37.0 Å². The number of hydrogen-bond acceptors (Lipinski definition) is 5. The number of amides is 2. The van der Waals surface area contributed by atoms with Crippen molar-refractivity contribution in [1.82, 2.24) is 10.2 Å². The molecule has 0 atom stereocenters. The van der Waals surface area contributed by atoms with E-state index in [-0.39, 0.29) is 15.5 Å². The summed E-state index contributed by atoms with van der Waals surface area (Å²) in [5, 5.41) is 1.50. The molecule has 2 amide bonds. The molecule has 0 spiro atoms. The summed E-state index contributed by atoms with van der Waals surface area (Å²) >= 11 is 6.86. The van der Waals surface area contributed by atoms with Crippen LogP contribution in [0.25, 0.3) is 6.08 Å². The molecule has 1 N–H and O–H groups in total. The number of imide groups is 1. The first-order valence-corrected chi connectivity index (χ1v) is 8.93. The highest BCUT2D eigenvalue weighted by molar-refractivity contribution is 8.18. The van der Waals surface area contributed by atoms with Crippen LogP contribution >= 0.6 is 23.4 Å². The van der Waals surface area contributed by atoms with E-state index in [1.54, 1.807) is 0 Å². The Morgan fingerprint density at radius 1 is 1.19 bits per heavy atom. The number of piperazine rings is 1. The van der Waals surface area contributed by atoms with Crippen LogP contribution in [0.5, 0.6) is 0 Å². The van der Waals surface area contributed by atoms with E-state index in [1.165, 1.54) is 6.08 Å². The summed E-state index contributed by atoms with van der Waals surface area (Å²) in [6.07, 6.45) is -3.28. The number of hydrogen-bond donors (Lipinski definition) is 1. The second-order valence-electron chi connectivity index (χ2n) is 6.04. The molecular weight excluding hydrogens is 391 g/mol. The van der Waals surface area contributed by atoms with Gasteiger partial charge in [-0.1, -0.05) is 11.6 Å². The predicted octanol–water partition coefficient (Wildman–Crippen LogP) is 3.43. The molecule has 0 unspecified atom stereocenters. The van der Waals surface area contributed by atoms with Crippen molar-refractivity contribution in [2.24, 2.45) is 0 Å². The number of carbonyl (C=O) groups is 2. The fraction of sp³-hybridized carbons (Fsp3) is 0.375. The van der Waals surface area contributed by atoms with E-state index in [4.69, 9.17) is 11.6 Å². The zero-order valence-corrected chi connectivity index (χ0v) is 15.3. The summed E-state index contributed by atoms with van der Waals surface area (Å²) in [4.78, 5) is 27.2. The number of likely N-dealkylation sites (N-methyl/N-ethyl adjacent to an activating group) is 1. The van der Waals surface area contributed by atoms with Gasteiger partial charge in [-0.15, -0.1) is 0 Å². The van der Waals surface area contributed by atoms with Gasteiger partial charge in [-0.3, -0.25) is 14.9 Å². The quantitative estimate of drug-likeness (QED) is 0.764. The summed E-state index contributed by atoms with van der Waals surface area (Å²) in [5.74, 6) is -0.627. The number of alkyl halides is 3. The number of halogens is 4. The third-order valence-electron chi connectivity index (χ3n) is 4.17. The van der Waals surface area contributed by atoms with Gasteiger partial charge in [0.25, 0.3) is 11.1 Å². The molecule has 2 fully saturated rings. The molecule has 2 saturated heterocycles. The molecular formula is C16H15ClF3N3O2S. The van der Waals surface area contributed by atoms with Crippen LogP contribution in [0.2, 0.25) is 5.02 Å². The lowest BCUT2D eigenvalue weighted by Crippen LogP contribution is -2.44. The first kappa shape index (κ1) is 19.1. The van der Waals surface area contributed by atoms with Crippen LogP contribution < -0.4 is 10.2 Å². The normalized spacial score (nSPS) is 20.8. The van der Waals surface area contributed by atoms with Crippen molar-refractivity contribution < 1.29 is 22.8 Å². The Morgan fingerprint density at radius 3 is 2.38 bits per heavy atom. The SMILES string of the molecule is CN1CCN(c2c(Cl)cc(C(F)(F)F)cc2/C=C2/SC(=O)NC2=O)CC1. The molecule has 5 nitrogen and oxygen atoms in total. The zero-order valence-electron chi connectivity index (χ0n) is 13.7. The van der Waals surface area contributed by atoms with Crippen molar-refractivity contribution in [2.45, 2.75) is 6.18 Å². The Balaban J connectivity index is 2.09. The summed E-state index contributed by atoms with van der Waals surface area (Å²) in [7, 11) is 1.96. The lowest BCUT2D eigenvalue weighted by molar-refractivity contribution is -0.137. The van der Waals surface area contributed by atoms with E-state index in [0.29, 0.717) is 30.5 Å². The summed E-state index contributed by atoms with van der Waals surface area (Å²) in [5.41, 5.74) is -0.295. The van der Waals surface area contributed by atoms with Gasteiger partial charge in [-0.2, -0.15) is 13.2 Å². The molecule has 0 aromatic heterocycles. The van der Waals surface area contributed by atoms with Gasteiger partial charge in [0.05, 0.1) is 21.2 Å². The van der Waals surface area contributed by atoms with Gasteiger partial charge >= 0.3 is 6.18 Å². The molecule has 1 aromatic carbocycles. The van der Waals surface area contributed by atoms with E-state index in [0.717, 1.165) is 25.2 Å². The van der Waals surface area contributed by atoms with Gasteiger partial charge in [0.1, 0.15) is 0 Å². The van der Waals surface area contributed by atoms with E-state index < -0.39 is 22.9 Å². The highest BCUT2D eigenvalue weighted by Gasteiger charge is 2.33. The summed E-state index contributed by atoms with van der Waals surface area (Å²) in [6.45, 7) is 2.66. The maximum Gasteiger partial charge on any atom is 0.416 e. The number of rotatable bonds is 2. The summed E-state index contributed by atoms with van der Waals surface area (Å²) in [6, 6.07) is 1.85. The minimum absolute atomic E-state index is 0.0361. The standard InChI is InChI=1S/C16H15ClF3N3O2S/c1-22-2-4-23(5-3-22)13-9(7-12-14(24)21-15(25)26-12)6-10(8-11(13)17)16(18,19)20/h6-8H,2-5H2,1H3,(H,21,24,25)/b12-7+. The Hall–Kier alpha value is -1.71. The lowest BCUT2D eigenvalue weighted by Gasteiger charge is -2.35. The molecule has 0 bridgehead atoms. The third kappa shape index (κ3) is 3.99. The van der Waals surface area contributed by atoms with Crippen LogP contribution in [0.15, 0.2) is 17.0 Å². The highest BCUT2D eigenvalue weighted by atomic mass is 35.5. The van der Waals surface area contributed by atoms with Crippen LogP contribution in [0.3, 0.4) is 0 Å². The third-order valence-corrected chi connectivity index (χ3v) is 5.27. The zero-order chi connectivity index (χ0) is 19.1. The smallest absolute Gasteiger partial charge is 0.367 e. The molecule has 1 aromatic rings. The van der Waals surface area contributed by atoms with Gasteiger partial charge in [0.2, 0.25) is 0 Å². The van der Waals surface area contributed by atoms with E-state index >= 15 is 0 Å². The fourth-order valence-corrected chi connectivity index (χ4v) is 3.84. The van der Waals surface area contributed by atoms with Gasteiger partial charge in [0, 0.05) is 31.7 Å². The average molecular weight is 406 g/mol. The fourth-order valence-electron chi connectivity index (χ4n) is 2.82. The van der Waals surface area contributed by atoms with Crippen molar-refractivity contribution in [3.8, 4) is 0 Å². The van der Waals surface area contributed by atoms with Crippen LogP contribution in [0.1, 0.15) is 11.1 Å². The first-order chi connectivity index (χ1) is 12.1. The van der Waals surface area contributed by atoms with Crippen molar-refractivity contribution in [3.63, 3.8) is 0 Å². The summed E-state index contributed by atoms with van der Waals surface area (Å²) < 4.78 is 39.6. The molecule has 0 radical (unpaired) electrons. The van der Waals surface area contributed by atoms with E-state index in [1.807, 2.05) is 11.9 Å². The molecule has 2 aliphatic rings. The minimum Gasteiger partial charge on any atom is -0.367 e. The lowest BCUT2D eigenvalue weighted by atomic mass is 10.1. The van der Waals surface area contributed by atoms with Crippen molar-refractivity contribution in [1.29, 1.82) is 0 Å². The largest absolute Gasteiger partial charge is 0.416 e. The van der Waals surface area contributed by atoms with E-state index in [9.17, 15) is 22.8 Å². The molecule has 2 aliphatic heterocycles. The Kier molecular flexibility index (Phi) is 5.23. The maximum atomic E-state index is 13.2.